The third kappa shape index (κ3) is 2.05. The van der Waals surface area contributed by atoms with Crippen molar-refractivity contribution in [3.8, 4) is 0 Å². The van der Waals surface area contributed by atoms with E-state index < -0.39 is 0 Å². The molecule has 1 aromatic carbocycles. The first-order valence-corrected chi connectivity index (χ1v) is 4.79. The largest absolute Gasteiger partial charge is 0.300 e. The van der Waals surface area contributed by atoms with Crippen LogP contribution in [0.5, 0.6) is 0 Å². The molecule has 1 heterocycles. The Morgan fingerprint density at radius 2 is 1.86 bits per heavy atom. The van der Waals surface area contributed by atoms with Gasteiger partial charge in [-0.05, 0) is 29.3 Å². The molecule has 2 aromatic rings. The smallest absolute Gasteiger partial charge is 0.225 e. The van der Waals surface area contributed by atoms with Crippen LogP contribution in [0.15, 0.2) is 30.6 Å². The molecule has 0 aliphatic rings. The van der Waals surface area contributed by atoms with Gasteiger partial charge in [0.05, 0.1) is 6.54 Å². The molecule has 0 saturated heterocycles. The standard InChI is InChI=1S/C9H7Cl2N3/c10-8-3-1-7(2-4-8)5-14-6-12-13-9(14)11/h1-4,6H,5H2. The van der Waals surface area contributed by atoms with E-state index in [-0.39, 0.29) is 0 Å². The monoisotopic (exact) mass is 227 g/mol. The molecule has 0 saturated carbocycles. The van der Waals surface area contributed by atoms with Gasteiger partial charge in [0, 0.05) is 5.02 Å². The molecule has 0 radical (unpaired) electrons. The summed E-state index contributed by atoms with van der Waals surface area (Å²) in [5, 5.41) is 8.49. The number of halogens is 2. The molecule has 14 heavy (non-hydrogen) atoms. The Balaban J connectivity index is 2.19. The van der Waals surface area contributed by atoms with Gasteiger partial charge >= 0.3 is 0 Å². The topological polar surface area (TPSA) is 30.7 Å². The fourth-order valence-corrected chi connectivity index (χ4v) is 1.41. The first kappa shape index (κ1) is 9.49. The second-order valence-electron chi connectivity index (χ2n) is 2.85. The summed E-state index contributed by atoms with van der Waals surface area (Å²) in [4.78, 5) is 0. The van der Waals surface area contributed by atoms with Gasteiger partial charge in [-0.2, -0.15) is 0 Å². The van der Waals surface area contributed by atoms with Gasteiger partial charge in [0.25, 0.3) is 0 Å². The van der Waals surface area contributed by atoms with Crippen molar-refractivity contribution in [3.63, 3.8) is 0 Å². The third-order valence-electron chi connectivity index (χ3n) is 1.83. The molecule has 0 N–H and O–H groups in total. The van der Waals surface area contributed by atoms with E-state index in [4.69, 9.17) is 23.2 Å². The van der Waals surface area contributed by atoms with Gasteiger partial charge in [-0.3, -0.25) is 4.57 Å². The number of nitrogens with zero attached hydrogens (tertiary/aromatic N) is 3. The zero-order valence-electron chi connectivity index (χ0n) is 7.19. The highest BCUT2D eigenvalue weighted by Crippen LogP contribution is 2.12. The molecule has 0 spiro atoms. The fraction of sp³-hybridized carbons (Fsp3) is 0.111. The zero-order valence-corrected chi connectivity index (χ0v) is 8.70. The summed E-state index contributed by atoms with van der Waals surface area (Å²) in [5.41, 5.74) is 1.11. The van der Waals surface area contributed by atoms with Crippen LogP contribution in [0.3, 0.4) is 0 Å². The lowest BCUT2D eigenvalue weighted by Gasteiger charge is -2.02. The minimum Gasteiger partial charge on any atom is -0.300 e. The average Bonchev–Trinajstić information content (AvgIpc) is 2.56. The summed E-state index contributed by atoms with van der Waals surface area (Å²) >= 11 is 11.6. The molecular formula is C9H7Cl2N3. The van der Waals surface area contributed by atoms with E-state index in [9.17, 15) is 0 Å². The Morgan fingerprint density at radius 3 is 2.43 bits per heavy atom. The van der Waals surface area contributed by atoms with Crippen LogP contribution in [0, 0.1) is 0 Å². The van der Waals surface area contributed by atoms with Gasteiger partial charge in [0.15, 0.2) is 0 Å². The molecule has 0 unspecified atom stereocenters. The van der Waals surface area contributed by atoms with E-state index in [1.807, 2.05) is 24.3 Å². The molecule has 3 nitrogen and oxygen atoms in total. The highest BCUT2D eigenvalue weighted by molar-refractivity contribution is 6.30. The predicted octanol–water partition coefficient (Wildman–Crippen LogP) is 2.63. The summed E-state index contributed by atoms with van der Waals surface area (Å²) < 4.78 is 1.75. The van der Waals surface area contributed by atoms with Crippen LogP contribution >= 0.6 is 23.2 Å². The molecule has 0 aliphatic heterocycles. The van der Waals surface area contributed by atoms with Crippen LogP contribution in [0.1, 0.15) is 5.56 Å². The average molecular weight is 228 g/mol. The molecule has 1 aromatic heterocycles. The molecule has 0 atom stereocenters. The van der Waals surface area contributed by atoms with Crippen molar-refractivity contribution < 1.29 is 0 Å². The van der Waals surface area contributed by atoms with Gasteiger partial charge in [-0.15, -0.1) is 10.2 Å². The molecule has 0 bridgehead atoms. The van der Waals surface area contributed by atoms with E-state index in [1.54, 1.807) is 10.9 Å². The quantitative estimate of drug-likeness (QED) is 0.790. The van der Waals surface area contributed by atoms with Gasteiger partial charge in [0.1, 0.15) is 6.33 Å². The molecule has 5 heteroatoms. The molecule has 2 rings (SSSR count). The second-order valence-corrected chi connectivity index (χ2v) is 3.63. The van der Waals surface area contributed by atoms with Crippen molar-refractivity contribution >= 4 is 23.2 Å². The fourth-order valence-electron chi connectivity index (χ4n) is 1.13. The van der Waals surface area contributed by atoms with Gasteiger partial charge in [0.2, 0.25) is 5.28 Å². The number of rotatable bonds is 2. The Hall–Kier alpha value is -1.06. The van der Waals surface area contributed by atoms with E-state index >= 15 is 0 Å². The maximum Gasteiger partial charge on any atom is 0.225 e. The Kier molecular flexibility index (Phi) is 2.70. The van der Waals surface area contributed by atoms with Crippen LogP contribution in [0.25, 0.3) is 0 Å². The second kappa shape index (κ2) is 3.98. The maximum absolute atomic E-state index is 5.78. The normalized spacial score (nSPS) is 10.4. The summed E-state index contributed by atoms with van der Waals surface area (Å²) in [5.74, 6) is 0. The predicted molar refractivity (Wildman–Crippen MR) is 55.6 cm³/mol. The van der Waals surface area contributed by atoms with Crippen molar-refractivity contribution in [2.24, 2.45) is 0 Å². The van der Waals surface area contributed by atoms with Crippen LogP contribution in [-0.4, -0.2) is 14.8 Å². The lowest BCUT2D eigenvalue weighted by Crippen LogP contribution is -1.97. The zero-order chi connectivity index (χ0) is 9.97. The van der Waals surface area contributed by atoms with E-state index in [2.05, 4.69) is 10.2 Å². The van der Waals surface area contributed by atoms with Gasteiger partial charge in [-0.25, -0.2) is 0 Å². The number of aromatic nitrogens is 3. The lowest BCUT2D eigenvalue weighted by atomic mass is 10.2. The van der Waals surface area contributed by atoms with Crippen molar-refractivity contribution in [1.29, 1.82) is 0 Å². The van der Waals surface area contributed by atoms with Crippen molar-refractivity contribution in [2.45, 2.75) is 6.54 Å². The first-order valence-electron chi connectivity index (χ1n) is 4.03. The molecular weight excluding hydrogens is 221 g/mol. The van der Waals surface area contributed by atoms with Crippen LogP contribution in [0.2, 0.25) is 10.3 Å². The molecule has 0 fully saturated rings. The van der Waals surface area contributed by atoms with E-state index in [1.165, 1.54) is 0 Å². The summed E-state index contributed by atoms with van der Waals surface area (Å²) in [6.45, 7) is 0.656. The maximum atomic E-state index is 5.78. The van der Waals surface area contributed by atoms with Crippen LogP contribution in [-0.2, 0) is 6.54 Å². The Bertz CT molecular complexity index is 422. The van der Waals surface area contributed by atoms with Crippen molar-refractivity contribution in [1.82, 2.24) is 14.8 Å². The number of hydrogen-bond donors (Lipinski definition) is 0. The SMILES string of the molecule is Clc1ccc(Cn2cnnc2Cl)cc1. The van der Waals surface area contributed by atoms with E-state index in [0.29, 0.717) is 11.8 Å². The van der Waals surface area contributed by atoms with Crippen LogP contribution < -0.4 is 0 Å². The highest BCUT2D eigenvalue weighted by atomic mass is 35.5. The third-order valence-corrected chi connectivity index (χ3v) is 2.38. The molecule has 72 valence electrons. The summed E-state index contributed by atoms with van der Waals surface area (Å²) in [6, 6.07) is 7.57. The Morgan fingerprint density at radius 1 is 1.14 bits per heavy atom. The lowest BCUT2D eigenvalue weighted by molar-refractivity contribution is 0.795. The molecule has 0 amide bonds. The number of hydrogen-bond acceptors (Lipinski definition) is 2. The van der Waals surface area contributed by atoms with E-state index in [0.717, 1.165) is 10.6 Å². The number of benzene rings is 1. The summed E-state index contributed by atoms with van der Waals surface area (Å²) in [7, 11) is 0. The van der Waals surface area contributed by atoms with Crippen molar-refractivity contribution in [2.75, 3.05) is 0 Å². The summed E-state index contributed by atoms with van der Waals surface area (Å²) in [6.07, 6.45) is 1.59. The van der Waals surface area contributed by atoms with Crippen molar-refractivity contribution in [3.05, 3.63) is 46.5 Å². The Labute approximate surface area is 91.3 Å². The van der Waals surface area contributed by atoms with Gasteiger partial charge in [-0.1, -0.05) is 23.7 Å². The first-order chi connectivity index (χ1) is 6.75. The highest BCUT2D eigenvalue weighted by Gasteiger charge is 2.00. The minimum absolute atomic E-state index is 0.389. The van der Waals surface area contributed by atoms with Crippen LogP contribution in [0.4, 0.5) is 0 Å². The molecule has 0 aliphatic carbocycles. The van der Waals surface area contributed by atoms with Gasteiger partial charge < -0.3 is 0 Å². The minimum atomic E-state index is 0.389.